The van der Waals surface area contributed by atoms with Crippen LogP contribution in [0.15, 0.2) is 0 Å². The Bertz CT molecular complexity index is 129. The van der Waals surface area contributed by atoms with Crippen LogP contribution in [-0.2, 0) is 0 Å². The Morgan fingerprint density at radius 3 is 3.20 bits per heavy atom. The van der Waals surface area contributed by atoms with Crippen molar-refractivity contribution in [1.29, 1.82) is 0 Å². The Balaban J connectivity index is 1.86. The number of hydrogen-bond acceptors (Lipinski definition) is 2. The lowest BCUT2D eigenvalue weighted by molar-refractivity contribution is 0.503. The molecule has 2 aliphatic rings. The summed E-state index contributed by atoms with van der Waals surface area (Å²) < 4.78 is 0. The van der Waals surface area contributed by atoms with Gasteiger partial charge in [-0.2, -0.15) is 11.8 Å². The maximum atomic E-state index is 3.27. The Morgan fingerprint density at radius 1 is 1.70 bits per heavy atom. The van der Waals surface area contributed by atoms with Crippen molar-refractivity contribution in [2.45, 2.75) is 12.8 Å². The second kappa shape index (κ2) is 2.42. The number of rotatable bonds is 2. The topological polar surface area (TPSA) is 12.0 Å². The lowest BCUT2D eigenvalue weighted by Crippen LogP contribution is -2.14. The highest BCUT2D eigenvalue weighted by Crippen LogP contribution is 2.60. The van der Waals surface area contributed by atoms with Crippen LogP contribution in [0.5, 0.6) is 0 Å². The first-order valence-electron chi connectivity index (χ1n) is 4.10. The molecule has 1 saturated heterocycles. The fourth-order valence-electron chi connectivity index (χ4n) is 2.07. The first kappa shape index (κ1) is 6.99. The van der Waals surface area contributed by atoms with E-state index in [2.05, 4.69) is 24.1 Å². The maximum Gasteiger partial charge on any atom is -0.000726 e. The Morgan fingerprint density at radius 2 is 2.60 bits per heavy atom. The SMILES string of the molecule is CNCC1CC12CCSC2. The molecule has 1 heterocycles. The van der Waals surface area contributed by atoms with Crippen LogP contribution in [-0.4, -0.2) is 25.1 Å². The molecule has 1 aliphatic heterocycles. The van der Waals surface area contributed by atoms with Gasteiger partial charge in [-0.25, -0.2) is 0 Å². The Labute approximate surface area is 67.0 Å². The van der Waals surface area contributed by atoms with E-state index >= 15 is 0 Å². The lowest BCUT2D eigenvalue weighted by Gasteiger charge is -2.05. The van der Waals surface area contributed by atoms with Gasteiger partial charge in [0, 0.05) is 0 Å². The molecule has 2 rings (SSSR count). The van der Waals surface area contributed by atoms with E-state index in [-0.39, 0.29) is 0 Å². The second-order valence-corrected chi connectivity index (χ2v) is 4.73. The molecule has 0 aromatic rings. The minimum absolute atomic E-state index is 0.813. The summed E-state index contributed by atoms with van der Waals surface area (Å²) >= 11 is 2.15. The van der Waals surface area contributed by atoms with Gasteiger partial charge in [0.1, 0.15) is 0 Å². The molecule has 2 unspecified atom stereocenters. The highest BCUT2D eigenvalue weighted by molar-refractivity contribution is 7.99. The molecule has 2 heteroatoms. The summed E-state index contributed by atoms with van der Waals surface area (Å²) in [6.07, 6.45) is 2.99. The first-order valence-corrected chi connectivity index (χ1v) is 5.25. The van der Waals surface area contributed by atoms with Crippen LogP contribution >= 0.6 is 11.8 Å². The van der Waals surface area contributed by atoms with E-state index in [1.165, 1.54) is 30.9 Å². The van der Waals surface area contributed by atoms with Gasteiger partial charge < -0.3 is 5.32 Å². The summed E-state index contributed by atoms with van der Waals surface area (Å²) in [4.78, 5) is 0. The maximum absolute atomic E-state index is 3.27. The standard InChI is InChI=1S/C8H15NS/c1-9-5-7-4-8(7)2-3-10-6-8/h7,9H,2-6H2,1H3. The first-order chi connectivity index (χ1) is 4.87. The van der Waals surface area contributed by atoms with Crippen LogP contribution in [0.1, 0.15) is 12.8 Å². The van der Waals surface area contributed by atoms with Gasteiger partial charge in [-0.1, -0.05) is 0 Å². The van der Waals surface area contributed by atoms with Gasteiger partial charge in [-0.05, 0) is 49.3 Å². The monoisotopic (exact) mass is 157 g/mol. The zero-order chi connectivity index (χ0) is 7.03. The molecule has 1 saturated carbocycles. The Hall–Kier alpha value is 0.310. The molecular formula is C8H15NS. The highest BCUT2D eigenvalue weighted by Gasteiger charge is 2.54. The largest absolute Gasteiger partial charge is 0.319 e. The van der Waals surface area contributed by atoms with E-state index < -0.39 is 0 Å². The fraction of sp³-hybridized carbons (Fsp3) is 1.00. The van der Waals surface area contributed by atoms with Gasteiger partial charge in [0.05, 0.1) is 0 Å². The van der Waals surface area contributed by atoms with Crippen LogP contribution in [0.3, 0.4) is 0 Å². The summed E-state index contributed by atoms with van der Waals surface area (Å²) in [7, 11) is 2.06. The molecule has 2 fully saturated rings. The third-order valence-corrected chi connectivity index (χ3v) is 4.21. The van der Waals surface area contributed by atoms with Crippen LogP contribution < -0.4 is 5.32 Å². The van der Waals surface area contributed by atoms with Crippen molar-refractivity contribution in [2.24, 2.45) is 11.3 Å². The van der Waals surface area contributed by atoms with Gasteiger partial charge in [0.25, 0.3) is 0 Å². The summed E-state index contributed by atoms with van der Waals surface area (Å²) in [5.41, 5.74) is 0.813. The minimum atomic E-state index is 0.813. The van der Waals surface area contributed by atoms with Crippen molar-refractivity contribution in [1.82, 2.24) is 5.32 Å². The van der Waals surface area contributed by atoms with Crippen LogP contribution in [0, 0.1) is 11.3 Å². The van der Waals surface area contributed by atoms with Gasteiger partial charge in [-0.15, -0.1) is 0 Å². The Kier molecular flexibility index (Phi) is 1.69. The quantitative estimate of drug-likeness (QED) is 0.649. The molecule has 1 N–H and O–H groups in total. The summed E-state index contributed by atoms with van der Waals surface area (Å²) in [5.74, 6) is 3.88. The van der Waals surface area contributed by atoms with Gasteiger partial charge >= 0.3 is 0 Å². The van der Waals surface area contributed by atoms with Gasteiger partial charge in [-0.3, -0.25) is 0 Å². The lowest BCUT2D eigenvalue weighted by atomic mass is 10.0. The van der Waals surface area contributed by atoms with E-state index in [4.69, 9.17) is 0 Å². The average Bonchev–Trinajstić information content (AvgIpc) is 2.43. The molecular weight excluding hydrogens is 142 g/mol. The molecule has 0 amide bonds. The van der Waals surface area contributed by atoms with Crippen molar-refractivity contribution in [2.75, 3.05) is 25.1 Å². The van der Waals surface area contributed by atoms with Gasteiger partial charge in [0.15, 0.2) is 0 Å². The molecule has 0 bridgehead atoms. The zero-order valence-corrected chi connectivity index (χ0v) is 7.34. The van der Waals surface area contributed by atoms with Crippen molar-refractivity contribution in [3.8, 4) is 0 Å². The van der Waals surface area contributed by atoms with E-state index in [1.54, 1.807) is 0 Å². The predicted octanol–water partition coefficient (Wildman–Crippen LogP) is 1.35. The average molecular weight is 157 g/mol. The van der Waals surface area contributed by atoms with E-state index in [1.807, 2.05) is 0 Å². The van der Waals surface area contributed by atoms with Crippen LogP contribution in [0.25, 0.3) is 0 Å². The smallest absolute Gasteiger partial charge is 0.000726 e. The number of thioether (sulfide) groups is 1. The van der Waals surface area contributed by atoms with Crippen LogP contribution in [0.4, 0.5) is 0 Å². The third-order valence-electron chi connectivity index (χ3n) is 2.94. The second-order valence-electron chi connectivity index (χ2n) is 3.62. The summed E-state index contributed by atoms with van der Waals surface area (Å²) in [6.45, 7) is 1.25. The molecule has 58 valence electrons. The number of hydrogen-bond donors (Lipinski definition) is 1. The van der Waals surface area contributed by atoms with Crippen molar-refractivity contribution < 1.29 is 0 Å². The van der Waals surface area contributed by atoms with Crippen molar-refractivity contribution in [3.05, 3.63) is 0 Å². The minimum Gasteiger partial charge on any atom is -0.319 e. The van der Waals surface area contributed by atoms with E-state index in [0.29, 0.717) is 0 Å². The highest BCUT2D eigenvalue weighted by atomic mass is 32.2. The normalized spacial score (nSPS) is 44.7. The van der Waals surface area contributed by atoms with Crippen LogP contribution in [0.2, 0.25) is 0 Å². The van der Waals surface area contributed by atoms with Crippen molar-refractivity contribution >= 4 is 11.8 Å². The molecule has 1 spiro atoms. The molecule has 0 aromatic heterocycles. The fourth-order valence-corrected chi connectivity index (χ4v) is 3.67. The molecule has 1 aliphatic carbocycles. The van der Waals surface area contributed by atoms with E-state index in [9.17, 15) is 0 Å². The summed E-state index contributed by atoms with van der Waals surface area (Å²) in [6, 6.07) is 0. The third kappa shape index (κ3) is 0.978. The summed E-state index contributed by atoms with van der Waals surface area (Å²) in [5, 5.41) is 3.27. The molecule has 1 nitrogen and oxygen atoms in total. The molecule has 0 radical (unpaired) electrons. The van der Waals surface area contributed by atoms with E-state index in [0.717, 1.165) is 11.3 Å². The molecule has 10 heavy (non-hydrogen) atoms. The molecule has 0 aromatic carbocycles. The predicted molar refractivity (Wildman–Crippen MR) is 46.4 cm³/mol. The number of nitrogens with one attached hydrogen (secondary N) is 1. The zero-order valence-electron chi connectivity index (χ0n) is 6.52. The van der Waals surface area contributed by atoms with Gasteiger partial charge in [0.2, 0.25) is 0 Å². The molecule has 2 atom stereocenters. The van der Waals surface area contributed by atoms with Crippen molar-refractivity contribution in [3.63, 3.8) is 0 Å².